The van der Waals surface area contributed by atoms with E-state index in [2.05, 4.69) is 20.6 Å². The van der Waals surface area contributed by atoms with E-state index in [1.165, 1.54) is 0 Å². The maximum absolute atomic E-state index is 11.5. The molecule has 0 aromatic carbocycles. The molecule has 2 saturated heterocycles. The van der Waals surface area contributed by atoms with Crippen LogP contribution in [0.1, 0.15) is 37.3 Å². The Balaban J connectivity index is 0.00000176. The monoisotopic (exact) mass is 325 g/mol. The van der Waals surface area contributed by atoms with Gasteiger partial charge in [-0.1, -0.05) is 0 Å². The highest BCUT2D eigenvalue weighted by Crippen LogP contribution is 2.23. The molecular formula is C15H24ClN5O. The number of halogens is 1. The van der Waals surface area contributed by atoms with Gasteiger partial charge in [0.25, 0.3) is 0 Å². The van der Waals surface area contributed by atoms with E-state index in [1.807, 2.05) is 11.1 Å². The van der Waals surface area contributed by atoms with Crippen LogP contribution in [0.25, 0.3) is 0 Å². The fourth-order valence-electron chi connectivity index (χ4n) is 3.04. The van der Waals surface area contributed by atoms with Gasteiger partial charge in [-0.15, -0.1) is 12.4 Å². The van der Waals surface area contributed by atoms with E-state index in [0.29, 0.717) is 12.3 Å². The quantitative estimate of drug-likeness (QED) is 0.856. The highest BCUT2D eigenvalue weighted by atomic mass is 35.5. The average Bonchev–Trinajstić information content (AvgIpc) is 2.94. The Morgan fingerprint density at radius 1 is 1.32 bits per heavy atom. The van der Waals surface area contributed by atoms with E-state index in [4.69, 9.17) is 0 Å². The number of likely N-dealkylation sites (tertiary alicyclic amines) is 1. The van der Waals surface area contributed by atoms with Gasteiger partial charge in [-0.3, -0.25) is 9.78 Å². The van der Waals surface area contributed by atoms with Crippen molar-refractivity contribution in [2.75, 3.05) is 38.0 Å². The van der Waals surface area contributed by atoms with Crippen molar-refractivity contribution in [2.45, 2.75) is 31.6 Å². The third kappa shape index (κ3) is 4.30. The summed E-state index contributed by atoms with van der Waals surface area (Å²) in [4.78, 5) is 22.4. The molecule has 22 heavy (non-hydrogen) atoms. The maximum Gasteiger partial charge on any atom is 0.222 e. The highest BCUT2D eigenvalue weighted by molar-refractivity contribution is 5.85. The smallest absolute Gasteiger partial charge is 0.222 e. The van der Waals surface area contributed by atoms with Crippen LogP contribution in [-0.4, -0.2) is 53.5 Å². The zero-order valence-corrected chi connectivity index (χ0v) is 13.6. The lowest BCUT2D eigenvalue weighted by atomic mass is 9.95. The molecule has 2 aliphatic heterocycles. The highest BCUT2D eigenvalue weighted by Gasteiger charge is 2.19. The number of amides is 1. The van der Waals surface area contributed by atoms with Gasteiger partial charge in [-0.05, 0) is 32.4 Å². The number of piperidine rings is 1. The minimum Gasteiger partial charge on any atom is -0.367 e. The van der Waals surface area contributed by atoms with Crippen molar-refractivity contribution in [3.63, 3.8) is 0 Å². The van der Waals surface area contributed by atoms with Crippen molar-refractivity contribution in [1.29, 1.82) is 0 Å². The van der Waals surface area contributed by atoms with E-state index < -0.39 is 0 Å². The molecule has 3 heterocycles. The number of carbonyl (C=O) groups excluding carboxylic acids is 1. The first-order valence-electron chi connectivity index (χ1n) is 7.87. The van der Waals surface area contributed by atoms with Gasteiger partial charge < -0.3 is 15.5 Å². The van der Waals surface area contributed by atoms with Crippen LogP contribution in [0, 0.1) is 0 Å². The predicted octanol–water partition coefficient (Wildman–Crippen LogP) is 1.40. The van der Waals surface area contributed by atoms with Gasteiger partial charge in [0.1, 0.15) is 5.82 Å². The summed E-state index contributed by atoms with van der Waals surface area (Å²) in [7, 11) is 0. The van der Waals surface area contributed by atoms with Crippen molar-refractivity contribution in [3.8, 4) is 0 Å². The van der Waals surface area contributed by atoms with Crippen LogP contribution >= 0.6 is 12.4 Å². The van der Waals surface area contributed by atoms with Crippen LogP contribution in [0.4, 0.5) is 5.82 Å². The lowest BCUT2D eigenvalue weighted by Gasteiger charge is -2.22. The molecule has 122 valence electrons. The first kappa shape index (κ1) is 17.0. The first-order valence-corrected chi connectivity index (χ1v) is 7.87. The van der Waals surface area contributed by atoms with Crippen LogP contribution in [-0.2, 0) is 4.79 Å². The van der Waals surface area contributed by atoms with Gasteiger partial charge in [0.2, 0.25) is 5.91 Å². The second kappa shape index (κ2) is 8.29. The van der Waals surface area contributed by atoms with Crippen LogP contribution in [0.15, 0.2) is 12.4 Å². The number of carbonyl (C=O) groups is 1. The van der Waals surface area contributed by atoms with E-state index in [-0.39, 0.29) is 18.3 Å². The summed E-state index contributed by atoms with van der Waals surface area (Å²) in [6, 6.07) is 0. The minimum atomic E-state index is 0. The number of hydrogen-bond acceptors (Lipinski definition) is 5. The van der Waals surface area contributed by atoms with E-state index in [0.717, 1.165) is 63.5 Å². The molecule has 6 nitrogen and oxygen atoms in total. The standard InChI is InChI=1S/C15H23N5O.ClH/c21-15-2-1-8-20(15)9-7-18-14-11-17-10-13(19-14)12-3-5-16-6-4-12;/h10-12,16H,1-9H2,(H,18,19);1H. The fourth-order valence-corrected chi connectivity index (χ4v) is 3.04. The normalized spacial score (nSPS) is 19.1. The van der Waals surface area contributed by atoms with Gasteiger partial charge in [-0.2, -0.15) is 0 Å². The van der Waals surface area contributed by atoms with Crippen LogP contribution in [0.5, 0.6) is 0 Å². The Bertz CT molecular complexity index is 493. The van der Waals surface area contributed by atoms with E-state index in [9.17, 15) is 4.79 Å². The largest absolute Gasteiger partial charge is 0.367 e. The lowest BCUT2D eigenvalue weighted by Crippen LogP contribution is -2.30. The van der Waals surface area contributed by atoms with Gasteiger partial charge in [-0.25, -0.2) is 4.98 Å². The Hall–Kier alpha value is -1.40. The number of rotatable bonds is 5. The Morgan fingerprint density at radius 3 is 2.86 bits per heavy atom. The zero-order chi connectivity index (χ0) is 14.5. The molecule has 0 radical (unpaired) electrons. The average molecular weight is 326 g/mol. The fraction of sp³-hybridized carbons (Fsp3) is 0.667. The van der Waals surface area contributed by atoms with Crippen LogP contribution in [0.3, 0.4) is 0 Å². The van der Waals surface area contributed by atoms with E-state index in [1.54, 1.807) is 6.20 Å². The van der Waals surface area contributed by atoms with Crippen molar-refractivity contribution < 1.29 is 4.79 Å². The minimum absolute atomic E-state index is 0. The summed E-state index contributed by atoms with van der Waals surface area (Å²) in [6.45, 7) is 4.48. The van der Waals surface area contributed by atoms with Crippen molar-refractivity contribution in [1.82, 2.24) is 20.2 Å². The Kier molecular flexibility index (Phi) is 6.39. The molecule has 0 spiro atoms. The number of aromatic nitrogens is 2. The molecule has 2 aliphatic rings. The summed E-state index contributed by atoms with van der Waals surface area (Å²) >= 11 is 0. The predicted molar refractivity (Wildman–Crippen MR) is 88.4 cm³/mol. The molecule has 1 aromatic heterocycles. The van der Waals surface area contributed by atoms with Gasteiger partial charge in [0.15, 0.2) is 0 Å². The first-order chi connectivity index (χ1) is 10.3. The molecule has 0 saturated carbocycles. The summed E-state index contributed by atoms with van der Waals surface area (Å²) in [6.07, 6.45) is 7.58. The third-order valence-corrected chi connectivity index (χ3v) is 4.27. The molecule has 0 unspecified atom stereocenters. The molecule has 2 N–H and O–H groups in total. The SMILES string of the molecule is Cl.O=C1CCCN1CCNc1cncc(C2CCNCC2)n1. The van der Waals surface area contributed by atoms with Crippen molar-refractivity contribution >= 4 is 24.1 Å². The summed E-state index contributed by atoms with van der Waals surface area (Å²) < 4.78 is 0. The number of hydrogen-bond donors (Lipinski definition) is 2. The van der Waals surface area contributed by atoms with Crippen LogP contribution < -0.4 is 10.6 Å². The van der Waals surface area contributed by atoms with Gasteiger partial charge in [0.05, 0.1) is 11.9 Å². The maximum atomic E-state index is 11.5. The summed E-state index contributed by atoms with van der Waals surface area (Å²) in [5.74, 6) is 1.60. The molecule has 3 rings (SSSR count). The summed E-state index contributed by atoms with van der Waals surface area (Å²) in [5, 5.41) is 6.66. The third-order valence-electron chi connectivity index (χ3n) is 4.27. The Labute approximate surface area is 137 Å². The van der Waals surface area contributed by atoms with E-state index >= 15 is 0 Å². The lowest BCUT2D eigenvalue weighted by molar-refractivity contribution is -0.127. The van der Waals surface area contributed by atoms with Crippen LogP contribution in [0.2, 0.25) is 0 Å². The second-order valence-electron chi connectivity index (χ2n) is 5.76. The molecule has 1 amide bonds. The molecule has 0 aliphatic carbocycles. The molecule has 1 aromatic rings. The molecule has 0 atom stereocenters. The van der Waals surface area contributed by atoms with Crippen molar-refractivity contribution in [2.24, 2.45) is 0 Å². The number of anilines is 1. The van der Waals surface area contributed by atoms with Crippen molar-refractivity contribution in [3.05, 3.63) is 18.1 Å². The number of nitrogens with zero attached hydrogens (tertiary/aromatic N) is 3. The van der Waals surface area contributed by atoms with Gasteiger partial charge >= 0.3 is 0 Å². The molecule has 7 heteroatoms. The molecule has 0 bridgehead atoms. The number of nitrogens with one attached hydrogen (secondary N) is 2. The molecule has 2 fully saturated rings. The zero-order valence-electron chi connectivity index (χ0n) is 12.8. The summed E-state index contributed by atoms with van der Waals surface area (Å²) in [5.41, 5.74) is 1.08. The molecular weight excluding hydrogens is 302 g/mol. The van der Waals surface area contributed by atoms with Gasteiger partial charge in [0, 0.05) is 38.2 Å². The topological polar surface area (TPSA) is 70.2 Å². The second-order valence-corrected chi connectivity index (χ2v) is 5.76. The Morgan fingerprint density at radius 2 is 2.14 bits per heavy atom.